The Bertz CT molecular complexity index is 594. The Labute approximate surface area is 120 Å². The van der Waals surface area contributed by atoms with Crippen LogP contribution in [0.5, 0.6) is 0 Å². The molecule has 1 aromatic carbocycles. The Hall–Kier alpha value is -1.97. The maximum atomic E-state index is 6.16. The number of pyridine rings is 1. The predicted octanol–water partition coefficient (Wildman–Crippen LogP) is 3.27. The van der Waals surface area contributed by atoms with Gasteiger partial charge in [-0.1, -0.05) is 38.5 Å². The zero-order chi connectivity index (χ0) is 14.7. The monoisotopic (exact) mass is 272 g/mol. The second kappa shape index (κ2) is 5.99. The number of hydrogen-bond donors (Lipinski definition) is 2. The van der Waals surface area contributed by atoms with E-state index in [0.717, 1.165) is 29.6 Å². The number of anilines is 3. The first-order valence-corrected chi connectivity index (χ1v) is 7.19. The van der Waals surface area contributed by atoms with Crippen LogP contribution in [0.3, 0.4) is 0 Å². The highest BCUT2D eigenvalue weighted by molar-refractivity contribution is 6.01. The minimum absolute atomic E-state index is 0.411. The van der Waals surface area contributed by atoms with Crippen LogP contribution in [-0.2, 0) is 0 Å². The molecule has 0 saturated heterocycles. The van der Waals surface area contributed by atoms with Crippen molar-refractivity contribution < 1.29 is 0 Å². The molecule has 2 rings (SSSR count). The van der Waals surface area contributed by atoms with E-state index >= 15 is 0 Å². The van der Waals surface area contributed by atoms with Gasteiger partial charge in [-0.05, 0) is 18.4 Å². The average Bonchev–Trinajstić information content (AvgIpc) is 2.45. The van der Waals surface area contributed by atoms with Crippen LogP contribution in [0.2, 0.25) is 0 Å². The number of nitrogens with two attached hydrogens (primary N) is 2. The summed E-state index contributed by atoms with van der Waals surface area (Å²) in [7, 11) is 2.07. The van der Waals surface area contributed by atoms with Crippen LogP contribution in [0.25, 0.3) is 10.9 Å². The molecule has 1 aromatic heterocycles. The highest BCUT2D eigenvalue weighted by Gasteiger charge is 2.14. The first-order chi connectivity index (χ1) is 9.54. The van der Waals surface area contributed by atoms with Gasteiger partial charge in [0.25, 0.3) is 0 Å². The Morgan fingerprint density at radius 2 is 1.95 bits per heavy atom. The molecular formula is C16H24N4. The van der Waals surface area contributed by atoms with Crippen LogP contribution in [0.15, 0.2) is 24.3 Å². The van der Waals surface area contributed by atoms with E-state index in [1.807, 2.05) is 24.3 Å². The van der Waals surface area contributed by atoms with Crippen LogP contribution in [0.1, 0.15) is 26.7 Å². The number of benzene rings is 1. The van der Waals surface area contributed by atoms with E-state index in [2.05, 4.69) is 30.8 Å². The van der Waals surface area contributed by atoms with E-state index in [9.17, 15) is 0 Å². The van der Waals surface area contributed by atoms with Crippen molar-refractivity contribution in [2.45, 2.75) is 26.7 Å². The fourth-order valence-corrected chi connectivity index (χ4v) is 2.37. The first-order valence-electron chi connectivity index (χ1n) is 7.19. The second-order valence-corrected chi connectivity index (χ2v) is 5.50. The summed E-state index contributed by atoms with van der Waals surface area (Å²) in [6, 6.07) is 7.99. The van der Waals surface area contributed by atoms with Gasteiger partial charge in [-0.25, -0.2) is 4.98 Å². The van der Waals surface area contributed by atoms with Gasteiger partial charge in [0, 0.05) is 19.0 Å². The third-order valence-corrected chi connectivity index (χ3v) is 3.97. The van der Waals surface area contributed by atoms with Gasteiger partial charge in [0.1, 0.15) is 5.82 Å². The van der Waals surface area contributed by atoms with Gasteiger partial charge in [0.15, 0.2) is 0 Å². The van der Waals surface area contributed by atoms with Crippen molar-refractivity contribution in [1.29, 1.82) is 0 Å². The molecule has 0 aliphatic rings. The summed E-state index contributed by atoms with van der Waals surface area (Å²) < 4.78 is 0. The van der Waals surface area contributed by atoms with Crippen molar-refractivity contribution in [3.63, 3.8) is 0 Å². The van der Waals surface area contributed by atoms with Crippen molar-refractivity contribution in [2.24, 2.45) is 5.92 Å². The lowest BCUT2D eigenvalue weighted by atomic mass is 10.0. The molecule has 2 aromatic rings. The smallest absolute Gasteiger partial charge is 0.149 e. The van der Waals surface area contributed by atoms with Crippen LogP contribution in [0, 0.1) is 5.92 Å². The molecule has 1 heterocycles. The molecule has 4 N–H and O–H groups in total. The molecule has 20 heavy (non-hydrogen) atoms. The molecule has 108 valence electrons. The number of para-hydroxylation sites is 1. The van der Waals surface area contributed by atoms with Crippen LogP contribution in [0.4, 0.5) is 17.2 Å². The van der Waals surface area contributed by atoms with Gasteiger partial charge < -0.3 is 16.4 Å². The van der Waals surface area contributed by atoms with Crippen molar-refractivity contribution in [1.82, 2.24) is 4.98 Å². The Morgan fingerprint density at radius 3 is 2.65 bits per heavy atom. The summed E-state index contributed by atoms with van der Waals surface area (Å²) in [5, 5.41) is 1.06. The summed E-state index contributed by atoms with van der Waals surface area (Å²) in [4.78, 5) is 6.55. The molecule has 0 aliphatic carbocycles. The number of aromatic nitrogens is 1. The lowest BCUT2D eigenvalue weighted by molar-refractivity contribution is 0.518. The normalized spacial score (nSPS) is 12.6. The van der Waals surface area contributed by atoms with Crippen molar-refractivity contribution in [2.75, 3.05) is 30.0 Å². The third-order valence-electron chi connectivity index (χ3n) is 3.97. The number of rotatable bonds is 5. The Kier molecular flexibility index (Phi) is 4.32. The summed E-state index contributed by atoms with van der Waals surface area (Å²) in [6.07, 6.45) is 2.34. The van der Waals surface area contributed by atoms with Crippen molar-refractivity contribution >= 4 is 28.1 Å². The Morgan fingerprint density at radius 1 is 1.25 bits per heavy atom. The lowest BCUT2D eigenvalue weighted by Crippen LogP contribution is -2.22. The molecule has 4 nitrogen and oxygen atoms in total. The Balaban J connectivity index is 2.39. The van der Waals surface area contributed by atoms with E-state index in [4.69, 9.17) is 11.5 Å². The summed E-state index contributed by atoms with van der Waals surface area (Å²) in [6.45, 7) is 5.46. The molecule has 1 unspecified atom stereocenters. The van der Waals surface area contributed by atoms with E-state index < -0.39 is 0 Å². The summed E-state index contributed by atoms with van der Waals surface area (Å²) in [5.74, 6) is 1.12. The molecule has 0 fully saturated rings. The van der Waals surface area contributed by atoms with Crippen LogP contribution in [-0.4, -0.2) is 18.6 Å². The fraction of sp³-hybridized carbons (Fsp3) is 0.438. The van der Waals surface area contributed by atoms with Crippen LogP contribution >= 0.6 is 0 Å². The highest BCUT2D eigenvalue weighted by atomic mass is 15.1. The molecule has 0 saturated carbocycles. The van der Waals surface area contributed by atoms with Gasteiger partial charge in [-0.2, -0.15) is 0 Å². The van der Waals surface area contributed by atoms with Crippen LogP contribution < -0.4 is 16.4 Å². The second-order valence-electron chi connectivity index (χ2n) is 5.50. The summed E-state index contributed by atoms with van der Waals surface area (Å²) in [5.41, 5.74) is 14.6. The molecule has 0 aliphatic heterocycles. The molecule has 0 amide bonds. The van der Waals surface area contributed by atoms with Crippen molar-refractivity contribution in [3.8, 4) is 0 Å². The SMILES string of the molecule is CCC(C)CCN(C)c1c(N)c(N)nc2ccccc12. The van der Waals surface area contributed by atoms with Gasteiger partial charge in [-0.15, -0.1) is 0 Å². The quantitative estimate of drug-likeness (QED) is 0.876. The van der Waals surface area contributed by atoms with Gasteiger partial charge in [-0.3, -0.25) is 0 Å². The zero-order valence-electron chi connectivity index (χ0n) is 12.6. The van der Waals surface area contributed by atoms with E-state index in [0.29, 0.717) is 17.4 Å². The topological polar surface area (TPSA) is 68.2 Å². The standard InChI is InChI=1S/C16H24N4/c1-4-11(2)9-10-20(3)15-12-7-5-6-8-13(12)19-16(18)14(15)17/h5-8,11H,4,9-10,17H2,1-3H3,(H2,18,19). The van der Waals surface area contributed by atoms with Gasteiger partial charge in [0.2, 0.25) is 0 Å². The molecule has 0 radical (unpaired) electrons. The summed E-state index contributed by atoms with van der Waals surface area (Å²) >= 11 is 0. The minimum Gasteiger partial charge on any atom is -0.394 e. The minimum atomic E-state index is 0.411. The zero-order valence-corrected chi connectivity index (χ0v) is 12.6. The molecule has 0 bridgehead atoms. The molecule has 0 spiro atoms. The molecule has 1 atom stereocenters. The lowest BCUT2D eigenvalue weighted by Gasteiger charge is -2.24. The fourth-order valence-electron chi connectivity index (χ4n) is 2.37. The molecule has 4 heteroatoms. The molecular weight excluding hydrogens is 248 g/mol. The maximum absolute atomic E-state index is 6.16. The number of nitrogens with zero attached hydrogens (tertiary/aromatic N) is 2. The maximum Gasteiger partial charge on any atom is 0.149 e. The highest BCUT2D eigenvalue weighted by Crippen LogP contribution is 2.34. The first kappa shape index (κ1) is 14.4. The number of fused-ring (bicyclic) bond motifs is 1. The van der Waals surface area contributed by atoms with E-state index in [1.165, 1.54) is 6.42 Å². The van der Waals surface area contributed by atoms with Gasteiger partial charge >= 0.3 is 0 Å². The van der Waals surface area contributed by atoms with E-state index in [-0.39, 0.29) is 0 Å². The average molecular weight is 272 g/mol. The predicted molar refractivity (Wildman–Crippen MR) is 87.9 cm³/mol. The van der Waals surface area contributed by atoms with Crippen molar-refractivity contribution in [3.05, 3.63) is 24.3 Å². The third kappa shape index (κ3) is 2.79. The largest absolute Gasteiger partial charge is 0.394 e. The van der Waals surface area contributed by atoms with E-state index in [1.54, 1.807) is 0 Å². The number of hydrogen-bond acceptors (Lipinski definition) is 4. The number of nitrogen functional groups attached to an aromatic ring is 2. The van der Waals surface area contributed by atoms with Gasteiger partial charge in [0.05, 0.1) is 16.9 Å².